The number of piperazine rings is 1. The van der Waals surface area contributed by atoms with Gasteiger partial charge in [-0.2, -0.15) is 5.10 Å². The smallest absolute Gasteiger partial charge is 0.257 e. The minimum atomic E-state index is -0.177. The van der Waals surface area contributed by atoms with Crippen molar-refractivity contribution >= 4 is 41.1 Å². The highest BCUT2D eigenvalue weighted by molar-refractivity contribution is 7.77. The molecule has 1 N–H and O–H groups in total. The lowest BCUT2D eigenvalue weighted by molar-refractivity contribution is 0.102. The molecule has 0 radical (unpaired) electrons. The number of hydrogen-bond donors (Lipinski definition) is 2. The highest BCUT2D eigenvalue weighted by atomic mass is 32.1. The van der Waals surface area contributed by atoms with Gasteiger partial charge in [0.2, 0.25) is 0 Å². The second-order valence-electron chi connectivity index (χ2n) is 8.44. The van der Waals surface area contributed by atoms with E-state index in [1.807, 2.05) is 35.9 Å². The van der Waals surface area contributed by atoms with Crippen molar-refractivity contribution in [2.45, 2.75) is 13.3 Å². The predicted molar refractivity (Wildman–Crippen MR) is 138 cm³/mol. The van der Waals surface area contributed by atoms with E-state index in [0.717, 1.165) is 59.5 Å². The number of anilines is 2. The summed E-state index contributed by atoms with van der Waals surface area (Å²) in [5.41, 5.74) is 3.69. The minimum Gasteiger partial charge on any atom is -0.354 e. The number of thiol groups is 1. The quantitative estimate of drug-likeness (QED) is 0.429. The number of carbonyl (C=O) groups is 1. The van der Waals surface area contributed by atoms with Gasteiger partial charge >= 0.3 is 0 Å². The number of rotatable bonds is 5. The van der Waals surface area contributed by atoms with Crippen LogP contribution in [-0.4, -0.2) is 56.1 Å². The van der Waals surface area contributed by atoms with E-state index >= 15 is 0 Å². The van der Waals surface area contributed by atoms with Gasteiger partial charge in [-0.05, 0) is 35.6 Å². The van der Waals surface area contributed by atoms with Gasteiger partial charge in [0.05, 0.1) is 6.20 Å². The summed E-state index contributed by atoms with van der Waals surface area (Å²) in [4.78, 5) is 24.6. The largest absolute Gasteiger partial charge is 0.354 e. The van der Waals surface area contributed by atoms with Gasteiger partial charge in [-0.3, -0.25) is 9.48 Å². The highest BCUT2D eigenvalue weighted by Gasteiger charge is 2.22. The van der Waals surface area contributed by atoms with Crippen LogP contribution in [0.5, 0.6) is 0 Å². The standard InChI is InChI=1S/C25H27N7OS/c1-3-21-22(6-7-26-24(21)31-8-10-32(34)11-9-31)25(33)29-23-13-19-12-17(4-5-18(19)14-27-23)20-15-28-30(2)16-20/h4-7,12-16,34H,3,8-11H2,1-2H3,(H,27,29,33). The molecule has 0 unspecified atom stereocenters. The number of benzene rings is 1. The Balaban J connectivity index is 1.41. The van der Waals surface area contributed by atoms with Crippen LogP contribution in [0.1, 0.15) is 22.8 Å². The molecule has 8 nitrogen and oxygen atoms in total. The molecule has 4 heterocycles. The third-order valence-corrected chi connectivity index (χ3v) is 6.59. The van der Waals surface area contributed by atoms with Gasteiger partial charge in [0, 0.05) is 73.9 Å². The molecule has 0 atom stereocenters. The fourth-order valence-corrected chi connectivity index (χ4v) is 4.54. The van der Waals surface area contributed by atoms with Crippen molar-refractivity contribution in [2.24, 2.45) is 7.05 Å². The Labute approximate surface area is 204 Å². The Morgan fingerprint density at radius 3 is 2.59 bits per heavy atom. The predicted octanol–water partition coefficient (Wildman–Crippen LogP) is 3.81. The lowest BCUT2D eigenvalue weighted by atomic mass is 10.0. The van der Waals surface area contributed by atoms with Crippen LogP contribution in [0.3, 0.4) is 0 Å². The van der Waals surface area contributed by atoms with Gasteiger partial charge in [-0.1, -0.05) is 31.9 Å². The number of amides is 1. The molecule has 1 aromatic carbocycles. The van der Waals surface area contributed by atoms with Crippen molar-refractivity contribution in [1.29, 1.82) is 0 Å². The minimum absolute atomic E-state index is 0.177. The topological polar surface area (TPSA) is 79.2 Å². The monoisotopic (exact) mass is 473 g/mol. The number of aryl methyl sites for hydroxylation is 1. The molecule has 9 heteroatoms. The normalized spacial score (nSPS) is 14.5. The van der Waals surface area contributed by atoms with E-state index in [1.165, 1.54) is 0 Å². The molecule has 1 fully saturated rings. The van der Waals surface area contributed by atoms with Crippen molar-refractivity contribution in [3.05, 3.63) is 66.2 Å². The van der Waals surface area contributed by atoms with Gasteiger partial charge in [0.15, 0.2) is 0 Å². The first-order chi connectivity index (χ1) is 16.5. The number of pyridine rings is 2. The lowest BCUT2D eigenvalue weighted by Crippen LogP contribution is -2.43. The van der Waals surface area contributed by atoms with Crippen molar-refractivity contribution in [3.63, 3.8) is 0 Å². The van der Waals surface area contributed by atoms with Crippen LogP contribution in [0.2, 0.25) is 0 Å². The van der Waals surface area contributed by atoms with E-state index in [0.29, 0.717) is 17.8 Å². The maximum atomic E-state index is 13.3. The third kappa shape index (κ3) is 4.49. The summed E-state index contributed by atoms with van der Waals surface area (Å²) in [5, 5.41) is 9.26. The van der Waals surface area contributed by atoms with Crippen LogP contribution in [0, 0.1) is 0 Å². The molecule has 0 saturated carbocycles. The Hall–Kier alpha value is -3.43. The first-order valence-corrected chi connectivity index (χ1v) is 11.8. The van der Waals surface area contributed by atoms with Gasteiger partial charge < -0.3 is 10.2 Å². The molecule has 1 aliphatic heterocycles. The SMILES string of the molecule is CCc1c(C(=O)Nc2cc3cc(-c4cnn(C)c4)ccc3cn2)ccnc1N1CCN(S)CC1. The van der Waals surface area contributed by atoms with Crippen LogP contribution in [-0.2, 0) is 13.5 Å². The molecule has 0 bridgehead atoms. The summed E-state index contributed by atoms with van der Waals surface area (Å²) in [6.07, 6.45) is 8.04. The number of nitrogens with one attached hydrogen (secondary N) is 1. The van der Waals surface area contributed by atoms with Gasteiger partial charge in [-0.15, -0.1) is 0 Å². The fourth-order valence-electron chi connectivity index (χ4n) is 4.37. The zero-order chi connectivity index (χ0) is 23.7. The molecule has 1 aliphatic rings. The van der Waals surface area contributed by atoms with Crippen molar-refractivity contribution in [2.75, 3.05) is 36.4 Å². The first kappa shape index (κ1) is 22.4. The van der Waals surface area contributed by atoms with Crippen LogP contribution < -0.4 is 10.2 Å². The zero-order valence-corrected chi connectivity index (χ0v) is 20.2. The van der Waals surface area contributed by atoms with Crippen molar-refractivity contribution < 1.29 is 4.79 Å². The summed E-state index contributed by atoms with van der Waals surface area (Å²) in [6, 6.07) is 9.87. The van der Waals surface area contributed by atoms with Gasteiger partial charge in [0.25, 0.3) is 5.91 Å². The van der Waals surface area contributed by atoms with E-state index in [1.54, 1.807) is 23.1 Å². The molecule has 0 aliphatic carbocycles. The van der Waals surface area contributed by atoms with Crippen molar-refractivity contribution in [3.8, 4) is 11.1 Å². The molecule has 4 aromatic rings. The average molecular weight is 474 g/mol. The van der Waals surface area contributed by atoms with Crippen LogP contribution in [0.15, 0.2) is 55.1 Å². The zero-order valence-electron chi connectivity index (χ0n) is 19.3. The van der Waals surface area contributed by atoms with Crippen LogP contribution in [0.25, 0.3) is 21.9 Å². The molecule has 1 saturated heterocycles. The summed E-state index contributed by atoms with van der Waals surface area (Å²) in [7, 11) is 1.90. The maximum Gasteiger partial charge on any atom is 0.257 e. The molecule has 0 spiro atoms. The molecule has 174 valence electrons. The Bertz CT molecular complexity index is 1340. The molecular formula is C25H27N7OS. The van der Waals surface area contributed by atoms with E-state index in [2.05, 4.69) is 57.2 Å². The Kier molecular flexibility index (Phi) is 6.21. The van der Waals surface area contributed by atoms with Gasteiger partial charge in [-0.25, -0.2) is 14.3 Å². The molecule has 3 aromatic heterocycles. The second-order valence-corrected chi connectivity index (χ2v) is 9.01. The molecular weight excluding hydrogens is 446 g/mol. The summed E-state index contributed by atoms with van der Waals surface area (Å²) < 4.78 is 3.79. The highest BCUT2D eigenvalue weighted by Crippen LogP contribution is 2.27. The Morgan fingerprint density at radius 1 is 1.03 bits per heavy atom. The number of aromatic nitrogens is 4. The maximum absolute atomic E-state index is 13.3. The average Bonchev–Trinajstić information content (AvgIpc) is 3.29. The number of fused-ring (bicyclic) bond motifs is 1. The fraction of sp³-hybridized carbons (Fsp3) is 0.280. The molecule has 1 amide bonds. The van der Waals surface area contributed by atoms with E-state index < -0.39 is 0 Å². The second kappa shape index (κ2) is 9.44. The van der Waals surface area contributed by atoms with Crippen LogP contribution >= 0.6 is 12.8 Å². The van der Waals surface area contributed by atoms with Crippen molar-refractivity contribution in [1.82, 2.24) is 24.1 Å². The summed E-state index contributed by atoms with van der Waals surface area (Å²) >= 11 is 4.44. The number of hydrogen-bond acceptors (Lipinski definition) is 7. The number of carbonyl (C=O) groups excluding carboxylic acids is 1. The summed E-state index contributed by atoms with van der Waals surface area (Å²) in [6.45, 7) is 5.43. The van der Waals surface area contributed by atoms with E-state index in [-0.39, 0.29) is 5.91 Å². The third-order valence-electron chi connectivity index (χ3n) is 6.19. The first-order valence-electron chi connectivity index (χ1n) is 11.4. The van der Waals surface area contributed by atoms with Gasteiger partial charge in [0.1, 0.15) is 11.6 Å². The molecule has 34 heavy (non-hydrogen) atoms. The molecule has 5 rings (SSSR count). The number of nitrogens with zero attached hydrogens (tertiary/aromatic N) is 6. The summed E-state index contributed by atoms with van der Waals surface area (Å²) in [5.74, 6) is 1.22. The van der Waals surface area contributed by atoms with E-state index in [4.69, 9.17) is 0 Å². The van der Waals surface area contributed by atoms with E-state index in [9.17, 15) is 4.79 Å². The Morgan fingerprint density at radius 2 is 1.85 bits per heavy atom. The lowest BCUT2D eigenvalue weighted by Gasteiger charge is -2.33. The van der Waals surface area contributed by atoms with Crippen LogP contribution in [0.4, 0.5) is 11.6 Å².